The molecule has 3 aromatic rings. The molecule has 0 N–H and O–H groups in total. The third-order valence-corrected chi connectivity index (χ3v) is 4.95. The van der Waals surface area contributed by atoms with Crippen molar-refractivity contribution in [1.29, 1.82) is 0 Å². The van der Waals surface area contributed by atoms with Crippen molar-refractivity contribution in [3.05, 3.63) is 47.3 Å². The molecular weight excluding hydrogens is 423 g/mol. The van der Waals surface area contributed by atoms with Crippen molar-refractivity contribution >= 4 is 19.4 Å². The Balaban J connectivity index is 0.00000140. The minimum atomic E-state index is -5.07. The first-order valence-corrected chi connectivity index (χ1v) is 9.87. The van der Waals surface area contributed by atoms with Gasteiger partial charge in [0.15, 0.2) is 11.5 Å². The molecule has 2 aromatic carbocycles. The quantitative estimate of drug-likeness (QED) is 0.313. The number of benzene rings is 2. The van der Waals surface area contributed by atoms with E-state index >= 15 is 0 Å². The molecule has 0 unspecified atom stereocenters. The van der Waals surface area contributed by atoms with E-state index in [1.807, 2.05) is 24.4 Å². The summed E-state index contributed by atoms with van der Waals surface area (Å²) in [6.07, 6.45) is 0. The van der Waals surface area contributed by atoms with Gasteiger partial charge < -0.3 is 28.3 Å². The van der Waals surface area contributed by atoms with E-state index in [4.69, 9.17) is 9.47 Å². The Kier molecular flexibility index (Phi) is 8.21. The van der Waals surface area contributed by atoms with Gasteiger partial charge >= 0.3 is 59.1 Å². The van der Waals surface area contributed by atoms with Gasteiger partial charge in [0.05, 0.1) is 5.69 Å². The van der Waals surface area contributed by atoms with Crippen LogP contribution in [0.2, 0.25) is 0 Å². The molecular formula is C17H12NNa2O6PS. The monoisotopic (exact) mass is 435 g/mol. The zero-order valence-corrected chi connectivity index (χ0v) is 21.2. The molecule has 0 saturated heterocycles. The number of ether oxygens (including phenoxy) is 2. The molecule has 0 radical (unpaired) electrons. The van der Waals surface area contributed by atoms with Gasteiger partial charge in [-0.15, -0.1) is 0 Å². The van der Waals surface area contributed by atoms with Gasteiger partial charge in [-0.2, -0.15) is 4.37 Å². The summed E-state index contributed by atoms with van der Waals surface area (Å²) < 4.78 is 30.5. The van der Waals surface area contributed by atoms with Crippen LogP contribution >= 0.6 is 19.4 Å². The number of fused-ring (bicyclic) bond motifs is 1. The predicted octanol–water partition coefficient (Wildman–Crippen LogP) is -3.27. The number of aromatic nitrogens is 1. The first-order chi connectivity index (χ1) is 12.4. The number of rotatable bonds is 4. The van der Waals surface area contributed by atoms with E-state index in [9.17, 15) is 14.4 Å². The summed E-state index contributed by atoms with van der Waals surface area (Å²) in [5, 5.41) is 1.90. The fraction of sp³-hybridized carbons (Fsp3) is 0.118. The Labute approximate surface area is 210 Å². The summed E-state index contributed by atoms with van der Waals surface area (Å²) in [6.45, 7) is 2.15. The van der Waals surface area contributed by atoms with Crippen molar-refractivity contribution in [3.8, 4) is 39.6 Å². The topological polar surface area (TPSA) is 104 Å². The molecule has 7 nitrogen and oxygen atoms in total. The molecule has 28 heavy (non-hydrogen) atoms. The van der Waals surface area contributed by atoms with E-state index in [0.717, 1.165) is 33.7 Å². The van der Waals surface area contributed by atoms with Crippen molar-refractivity contribution in [3.63, 3.8) is 0 Å². The third kappa shape index (κ3) is 5.21. The Morgan fingerprint density at radius 1 is 1.11 bits per heavy atom. The van der Waals surface area contributed by atoms with Crippen LogP contribution in [0.1, 0.15) is 5.56 Å². The van der Waals surface area contributed by atoms with Gasteiger partial charge in [-0.25, -0.2) is 0 Å². The molecule has 11 heteroatoms. The van der Waals surface area contributed by atoms with E-state index in [0.29, 0.717) is 5.75 Å². The van der Waals surface area contributed by atoms with Crippen LogP contribution in [0.15, 0.2) is 41.8 Å². The van der Waals surface area contributed by atoms with Gasteiger partial charge in [-0.1, -0.05) is 12.1 Å². The molecule has 2 heterocycles. The molecule has 134 valence electrons. The summed E-state index contributed by atoms with van der Waals surface area (Å²) in [7, 11) is -5.07. The molecule has 1 aromatic heterocycles. The Morgan fingerprint density at radius 3 is 2.50 bits per heavy atom. The maximum Gasteiger partial charge on any atom is 1.00 e. The van der Waals surface area contributed by atoms with E-state index in [2.05, 4.69) is 8.90 Å². The normalized spacial score (nSPS) is 12.1. The Morgan fingerprint density at radius 2 is 1.82 bits per heavy atom. The summed E-state index contributed by atoms with van der Waals surface area (Å²) in [6, 6.07) is 10.1. The van der Waals surface area contributed by atoms with Crippen LogP contribution in [0, 0.1) is 6.92 Å². The van der Waals surface area contributed by atoms with Gasteiger partial charge in [0, 0.05) is 16.5 Å². The number of aryl methyl sites for hydroxylation is 1. The SMILES string of the molecule is Cc1cc(-c2nscc2-c2ccc(OP(=O)([O-])[O-])cc2)cc2c1OCO2.[Na+].[Na+]. The summed E-state index contributed by atoms with van der Waals surface area (Å²) in [5.41, 5.74) is 4.34. The van der Waals surface area contributed by atoms with Gasteiger partial charge in [0.25, 0.3) is 0 Å². The minimum absolute atomic E-state index is 0. The van der Waals surface area contributed by atoms with Gasteiger partial charge in [-0.3, -0.25) is 0 Å². The van der Waals surface area contributed by atoms with E-state index in [1.165, 1.54) is 23.7 Å². The van der Waals surface area contributed by atoms with Crippen LogP contribution in [0.3, 0.4) is 0 Å². The average Bonchev–Trinajstić information content (AvgIpc) is 3.23. The summed E-state index contributed by atoms with van der Waals surface area (Å²) in [4.78, 5) is 21.4. The van der Waals surface area contributed by atoms with Gasteiger partial charge in [0.1, 0.15) is 13.6 Å². The van der Waals surface area contributed by atoms with Crippen LogP contribution in [0.25, 0.3) is 22.4 Å². The van der Waals surface area contributed by atoms with Crippen molar-refractivity contribution in [2.24, 2.45) is 0 Å². The first-order valence-electron chi connectivity index (χ1n) is 7.58. The van der Waals surface area contributed by atoms with Crippen molar-refractivity contribution in [1.82, 2.24) is 4.37 Å². The van der Waals surface area contributed by atoms with Crippen LogP contribution in [0.5, 0.6) is 17.2 Å². The third-order valence-electron chi connectivity index (χ3n) is 3.88. The predicted molar refractivity (Wildman–Crippen MR) is 92.1 cm³/mol. The maximum absolute atomic E-state index is 10.7. The average molecular weight is 435 g/mol. The molecule has 0 fully saturated rings. The second-order valence-corrected chi connectivity index (χ2v) is 7.37. The largest absolute Gasteiger partial charge is 1.00 e. The molecule has 1 aliphatic heterocycles. The molecule has 0 spiro atoms. The number of hydrogen-bond donors (Lipinski definition) is 0. The second-order valence-electron chi connectivity index (χ2n) is 5.67. The number of phosphoric acid groups is 1. The minimum Gasteiger partial charge on any atom is -0.780 e. The molecule has 4 rings (SSSR count). The van der Waals surface area contributed by atoms with Crippen LogP contribution in [-0.2, 0) is 4.57 Å². The maximum atomic E-state index is 10.7. The Bertz CT molecular complexity index is 1020. The van der Waals surface area contributed by atoms with Crippen LogP contribution < -0.4 is 82.9 Å². The van der Waals surface area contributed by atoms with Crippen LogP contribution in [0.4, 0.5) is 0 Å². The van der Waals surface area contributed by atoms with Gasteiger partial charge in [-0.05, 0) is 53.8 Å². The van der Waals surface area contributed by atoms with Crippen molar-refractivity contribution in [2.75, 3.05) is 6.79 Å². The fourth-order valence-electron chi connectivity index (χ4n) is 2.80. The zero-order valence-electron chi connectivity index (χ0n) is 15.5. The fourth-order valence-corrected chi connectivity index (χ4v) is 3.89. The number of hydrogen-bond acceptors (Lipinski definition) is 8. The summed E-state index contributed by atoms with van der Waals surface area (Å²) in [5.74, 6) is 1.40. The van der Waals surface area contributed by atoms with Crippen molar-refractivity contribution < 1.29 is 87.5 Å². The smallest absolute Gasteiger partial charge is 0.780 e. The Hall–Kier alpha value is -0.380. The van der Waals surface area contributed by atoms with E-state index < -0.39 is 7.82 Å². The second kappa shape index (κ2) is 9.62. The van der Waals surface area contributed by atoms with Crippen molar-refractivity contribution in [2.45, 2.75) is 6.92 Å². The molecule has 0 amide bonds. The van der Waals surface area contributed by atoms with Crippen LogP contribution in [-0.4, -0.2) is 11.2 Å². The first kappa shape index (κ1) is 23.9. The number of nitrogens with zero attached hydrogens (tertiary/aromatic N) is 1. The molecule has 0 bridgehead atoms. The molecule has 0 saturated carbocycles. The number of phosphoric ester groups is 1. The van der Waals surface area contributed by atoms with E-state index in [1.54, 1.807) is 12.1 Å². The standard InChI is InChI=1S/C17H14NO6PS.2Na/c1-10-6-12(7-15-17(10)23-9-22-15)16-14(8-26-18-16)11-2-4-13(5-3-11)24-25(19,20)21;;/h2-8H,9H2,1H3,(H2,19,20,21);;/q;2*+1/p-2. The molecule has 0 atom stereocenters. The van der Waals surface area contributed by atoms with Gasteiger partial charge in [0.2, 0.25) is 6.79 Å². The van der Waals surface area contributed by atoms with E-state index in [-0.39, 0.29) is 71.7 Å². The molecule has 1 aliphatic rings. The molecule has 0 aliphatic carbocycles. The summed E-state index contributed by atoms with van der Waals surface area (Å²) >= 11 is 1.31. The zero-order chi connectivity index (χ0) is 18.3.